The van der Waals surface area contributed by atoms with Crippen LogP contribution in [-0.2, 0) is 19.1 Å². The molecule has 15 nitrogen and oxygen atoms in total. The Labute approximate surface area is 236 Å². The summed E-state index contributed by atoms with van der Waals surface area (Å²) >= 11 is 0. The van der Waals surface area contributed by atoms with Crippen molar-refractivity contribution in [2.75, 3.05) is 6.61 Å². The van der Waals surface area contributed by atoms with Gasteiger partial charge in [0, 0.05) is 17.7 Å². The van der Waals surface area contributed by atoms with Crippen molar-refractivity contribution >= 4 is 22.9 Å². The Bertz CT molecular complexity index is 1530. The van der Waals surface area contributed by atoms with Gasteiger partial charge in [0.05, 0.1) is 25.0 Å². The summed E-state index contributed by atoms with van der Waals surface area (Å²) in [6.07, 6.45) is -10.8. The molecule has 4 rings (SSSR count). The molecule has 1 aliphatic rings. The predicted octanol–water partition coefficient (Wildman–Crippen LogP) is -0.0778. The SMILES string of the molecule is CC(O)(CC(=O)O)CC(=O)OC1C(O)C(CO)OC(Oc2c(-c3ccc(O)cc3)oc3cc(O)cc(O)c3c2=O)C1O. The summed E-state index contributed by atoms with van der Waals surface area (Å²) in [6, 6.07) is 7.16. The number of phenols is 3. The zero-order chi connectivity index (χ0) is 30.9. The van der Waals surface area contributed by atoms with Crippen LogP contribution < -0.4 is 10.2 Å². The second kappa shape index (κ2) is 11.8. The molecule has 1 aliphatic heterocycles. The molecule has 226 valence electrons. The van der Waals surface area contributed by atoms with Crippen LogP contribution in [0.5, 0.6) is 23.0 Å². The minimum atomic E-state index is -2.03. The summed E-state index contributed by atoms with van der Waals surface area (Å²) in [5.41, 5.74) is -3.10. The monoisotopic (exact) mass is 592 g/mol. The summed E-state index contributed by atoms with van der Waals surface area (Å²) in [5, 5.41) is 79.9. The number of carboxylic acid groups (broad SMARTS) is 1. The number of aliphatic hydroxyl groups is 4. The summed E-state index contributed by atoms with van der Waals surface area (Å²) in [5.74, 6) is -4.76. The highest BCUT2D eigenvalue weighted by Gasteiger charge is 2.49. The zero-order valence-electron chi connectivity index (χ0n) is 21.9. The molecule has 0 radical (unpaired) electrons. The minimum absolute atomic E-state index is 0.127. The molecule has 6 atom stereocenters. The number of ether oxygens (including phenoxy) is 3. The fourth-order valence-corrected chi connectivity index (χ4v) is 4.48. The number of aliphatic hydroxyl groups excluding tert-OH is 3. The summed E-state index contributed by atoms with van der Waals surface area (Å²) < 4.78 is 22.0. The molecule has 3 aromatic rings. The Balaban J connectivity index is 1.73. The van der Waals surface area contributed by atoms with Crippen LogP contribution in [0.15, 0.2) is 45.6 Å². The van der Waals surface area contributed by atoms with Crippen molar-refractivity contribution < 1.29 is 69.1 Å². The highest BCUT2D eigenvalue weighted by Crippen LogP contribution is 2.37. The van der Waals surface area contributed by atoms with Crippen molar-refractivity contribution in [3.63, 3.8) is 0 Å². The van der Waals surface area contributed by atoms with E-state index in [2.05, 4.69) is 0 Å². The van der Waals surface area contributed by atoms with Gasteiger partial charge in [-0.15, -0.1) is 0 Å². The van der Waals surface area contributed by atoms with E-state index in [1.165, 1.54) is 24.3 Å². The average Bonchev–Trinajstić information content (AvgIpc) is 2.88. The number of benzene rings is 2. The Morgan fingerprint density at radius 2 is 1.67 bits per heavy atom. The van der Waals surface area contributed by atoms with Gasteiger partial charge in [0.1, 0.15) is 40.4 Å². The molecule has 0 saturated carbocycles. The first-order valence-electron chi connectivity index (χ1n) is 12.5. The van der Waals surface area contributed by atoms with Crippen LogP contribution in [0.2, 0.25) is 0 Å². The number of rotatable bonds is 9. The normalized spacial score (nSPS) is 23.7. The number of aromatic hydroxyl groups is 3. The van der Waals surface area contributed by atoms with Crippen molar-refractivity contribution in [3.8, 4) is 34.3 Å². The van der Waals surface area contributed by atoms with Crippen molar-refractivity contribution in [1.29, 1.82) is 0 Å². The van der Waals surface area contributed by atoms with Gasteiger partial charge in [0.15, 0.2) is 18.0 Å². The van der Waals surface area contributed by atoms with Crippen LogP contribution in [0.4, 0.5) is 0 Å². The third kappa shape index (κ3) is 6.40. The molecule has 42 heavy (non-hydrogen) atoms. The highest BCUT2D eigenvalue weighted by atomic mass is 16.7. The van der Waals surface area contributed by atoms with Crippen molar-refractivity contribution in [3.05, 3.63) is 46.6 Å². The molecule has 8 N–H and O–H groups in total. The topological polar surface area (TPSA) is 254 Å². The Morgan fingerprint density at radius 3 is 2.29 bits per heavy atom. The Kier molecular flexibility index (Phi) is 8.60. The largest absolute Gasteiger partial charge is 0.508 e. The molecule has 0 amide bonds. The molecule has 2 aromatic carbocycles. The summed E-state index contributed by atoms with van der Waals surface area (Å²) in [6.45, 7) is 0.205. The van der Waals surface area contributed by atoms with Crippen molar-refractivity contribution in [2.24, 2.45) is 0 Å². The molecule has 0 spiro atoms. The fraction of sp³-hybridized carbons (Fsp3) is 0.370. The van der Waals surface area contributed by atoms with Crippen LogP contribution in [0.1, 0.15) is 19.8 Å². The molecule has 1 aromatic heterocycles. The Hall–Kier alpha value is -4.41. The lowest BCUT2D eigenvalue weighted by Crippen LogP contribution is -2.61. The molecular formula is C27H28O15. The fourth-order valence-electron chi connectivity index (χ4n) is 4.48. The number of fused-ring (bicyclic) bond motifs is 1. The molecule has 1 saturated heterocycles. The first-order valence-corrected chi connectivity index (χ1v) is 12.5. The zero-order valence-corrected chi connectivity index (χ0v) is 21.9. The van der Waals surface area contributed by atoms with Crippen LogP contribution >= 0.6 is 0 Å². The number of carboxylic acids is 1. The number of aliphatic carboxylic acids is 1. The van der Waals surface area contributed by atoms with Crippen molar-refractivity contribution in [1.82, 2.24) is 0 Å². The van der Waals surface area contributed by atoms with E-state index in [1.54, 1.807) is 0 Å². The first-order chi connectivity index (χ1) is 19.7. The third-order valence-electron chi connectivity index (χ3n) is 6.43. The maximum absolute atomic E-state index is 13.5. The molecule has 0 aliphatic carbocycles. The van der Waals surface area contributed by atoms with E-state index in [0.717, 1.165) is 19.1 Å². The van der Waals surface area contributed by atoms with E-state index in [0.29, 0.717) is 0 Å². The van der Waals surface area contributed by atoms with Gasteiger partial charge in [-0.05, 0) is 31.2 Å². The number of carbonyl (C=O) groups is 2. The predicted molar refractivity (Wildman–Crippen MR) is 139 cm³/mol. The van der Waals surface area contributed by atoms with Crippen LogP contribution in [0, 0.1) is 0 Å². The minimum Gasteiger partial charge on any atom is -0.508 e. The maximum Gasteiger partial charge on any atom is 0.309 e. The van der Waals surface area contributed by atoms with Gasteiger partial charge in [-0.1, -0.05) is 0 Å². The van der Waals surface area contributed by atoms with Gasteiger partial charge in [0.25, 0.3) is 0 Å². The lowest BCUT2D eigenvalue weighted by atomic mass is 9.97. The molecule has 6 unspecified atom stereocenters. The molecular weight excluding hydrogens is 564 g/mol. The van der Waals surface area contributed by atoms with E-state index >= 15 is 0 Å². The average molecular weight is 593 g/mol. The number of hydrogen-bond acceptors (Lipinski definition) is 14. The Morgan fingerprint density at radius 1 is 1.00 bits per heavy atom. The van der Waals surface area contributed by atoms with Crippen LogP contribution in [0.25, 0.3) is 22.3 Å². The van der Waals surface area contributed by atoms with Crippen molar-refractivity contribution in [2.45, 2.75) is 56.1 Å². The summed E-state index contributed by atoms with van der Waals surface area (Å²) in [7, 11) is 0. The molecule has 2 heterocycles. The number of phenolic OH excluding ortho intramolecular Hbond substituents is 3. The number of carbonyl (C=O) groups excluding carboxylic acids is 1. The number of esters is 1. The molecule has 1 fully saturated rings. The van der Waals surface area contributed by atoms with Gasteiger partial charge < -0.3 is 59.5 Å². The molecule has 0 bridgehead atoms. The quantitative estimate of drug-likeness (QED) is 0.151. The van der Waals surface area contributed by atoms with Gasteiger partial charge in [-0.3, -0.25) is 14.4 Å². The highest BCUT2D eigenvalue weighted by molar-refractivity contribution is 5.88. The van der Waals surface area contributed by atoms with Crippen LogP contribution in [-0.4, -0.2) is 95.7 Å². The van der Waals surface area contributed by atoms with E-state index in [1.807, 2.05) is 0 Å². The van der Waals surface area contributed by atoms with Gasteiger partial charge in [-0.2, -0.15) is 0 Å². The van der Waals surface area contributed by atoms with E-state index in [4.69, 9.17) is 23.7 Å². The van der Waals surface area contributed by atoms with Gasteiger partial charge >= 0.3 is 11.9 Å². The van der Waals surface area contributed by atoms with Crippen LogP contribution in [0.3, 0.4) is 0 Å². The third-order valence-corrected chi connectivity index (χ3v) is 6.43. The second-order valence-corrected chi connectivity index (χ2v) is 10.00. The second-order valence-electron chi connectivity index (χ2n) is 10.00. The van der Waals surface area contributed by atoms with Gasteiger partial charge in [-0.25, -0.2) is 0 Å². The lowest BCUT2D eigenvalue weighted by molar-refractivity contribution is -0.282. The summed E-state index contributed by atoms with van der Waals surface area (Å²) in [4.78, 5) is 37.0. The maximum atomic E-state index is 13.5. The van der Waals surface area contributed by atoms with E-state index in [9.17, 15) is 50.1 Å². The van der Waals surface area contributed by atoms with Gasteiger partial charge in [0.2, 0.25) is 17.5 Å². The smallest absolute Gasteiger partial charge is 0.309 e. The molecule has 15 heteroatoms. The number of hydrogen-bond donors (Lipinski definition) is 8. The standard InChI is InChI=1S/C27H28O15/c1-27(38,8-17(32)33)9-18(34)41-24-20(35)16(10-28)40-26(22(24)37)42-25-21(36)19-14(31)6-13(30)7-15(19)39-23(25)11-2-4-12(29)5-3-11/h2-7,16,20,22,24,26,28-31,35,37-38H,8-10H2,1H3,(H,32,33). The first kappa shape index (κ1) is 30.5. The van der Waals surface area contributed by atoms with E-state index < -0.39 is 95.8 Å². The lowest BCUT2D eigenvalue weighted by Gasteiger charge is -2.41. The van der Waals surface area contributed by atoms with E-state index in [-0.39, 0.29) is 22.7 Å².